The number of aromatic hydroxyl groups is 1. The molecule has 3 N–H and O–H groups in total. The van der Waals surface area contributed by atoms with E-state index in [-0.39, 0.29) is 12.0 Å². The Bertz CT molecular complexity index is 618. The lowest BCUT2D eigenvalue weighted by Gasteiger charge is -2.27. The maximum absolute atomic E-state index is 10.1. The maximum Gasteiger partial charge on any atom is 0.120 e. The molecule has 21 heavy (non-hydrogen) atoms. The van der Waals surface area contributed by atoms with Crippen LogP contribution in [0.5, 0.6) is 5.75 Å². The fourth-order valence-corrected chi connectivity index (χ4v) is 3.48. The second-order valence-electron chi connectivity index (χ2n) is 6.25. The molecule has 1 aliphatic rings. The minimum Gasteiger partial charge on any atom is -0.508 e. The van der Waals surface area contributed by atoms with Crippen LogP contribution in [0.3, 0.4) is 0 Å². The molecule has 0 saturated heterocycles. The Hall–Kier alpha value is -1.58. The zero-order valence-electron chi connectivity index (χ0n) is 12.3. The Balaban J connectivity index is 1.74. The normalized spacial score (nSPS) is 17.4. The summed E-state index contributed by atoms with van der Waals surface area (Å²) in [5.74, 6) is 0.339. The second kappa shape index (κ2) is 6.04. The third-order valence-electron chi connectivity index (χ3n) is 4.82. The Labute approximate surface area is 125 Å². The highest BCUT2D eigenvalue weighted by Crippen LogP contribution is 2.37. The molecule has 1 aliphatic carbocycles. The van der Waals surface area contributed by atoms with Crippen LogP contribution in [-0.4, -0.2) is 23.4 Å². The second-order valence-corrected chi connectivity index (χ2v) is 6.25. The van der Waals surface area contributed by atoms with Gasteiger partial charge in [-0.05, 0) is 29.7 Å². The highest BCUT2D eigenvalue weighted by atomic mass is 16.3. The number of phenolic OH excluding ortho intramolecular Hbond substituents is 1. The number of rotatable bonds is 5. The van der Waals surface area contributed by atoms with Gasteiger partial charge in [0.1, 0.15) is 5.75 Å². The number of fused-ring (bicyclic) bond motifs is 1. The fraction of sp³-hybridized carbons (Fsp3) is 0.444. The van der Waals surface area contributed by atoms with Crippen molar-refractivity contribution in [3.8, 4) is 5.75 Å². The van der Waals surface area contributed by atoms with Gasteiger partial charge in [-0.1, -0.05) is 43.2 Å². The first kappa shape index (κ1) is 14.4. The molecule has 2 aromatic rings. The van der Waals surface area contributed by atoms with E-state index in [0.717, 1.165) is 35.7 Å². The number of phenols is 1. The quantitative estimate of drug-likeness (QED) is 0.791. The number of aliphatic hydroxyl groups excluding tert-OH is 1. The van der Waals surface area contributed by atoms with Gasteiger partial charge in [-0.15, -0.1) is 0 Å². The molecule has 0 atom stereocenters. The molecule has 1 fully saturated rings. The Morgan fingerprint density at radius 1 is 1.05 bits per heavy atom. The molecule has 3 heteroatoms. The summed E-state index contributed by atoms with van der Waals surface area (Å²) in [6, 6.07) is 11.8. The topological polar surface area (TPSA) is 52.5 Å². The summed E-state index contributed by atoms with van der Waals surface area (Å²) in [5.41, 5.74) is 0.986. The molecule has 0 bridgehead atoms. The summed E-state index contributed by atoms with van der Waals surface area (Å²) in [7, 11) is 0. The van der Waals surface area contributed by atoms with Crippen molar-refractivity contribution in [3.63, 3.8) is 0 Å². The Morgan fingerprint density at radius 3 is 2.57 bits per heavy atom. The summed E-state index contributed by atoms with van der Waals surface area (Å²) in [6.45, 7) is 1.70. The fourth-order valence-electron chi connectivity index (χ4n) is 3.48. The van der Waals surface area contributed by atoms with Crippen LogP contribution in [0.25, 0.3) is 10.8 Å². The monoisotopic (exact) mass is 285 g/mol. The predicted molar refractivity (Wildman–Crippen MR) is 85.3 cm³/mol. The van der Waals surface area contributed by atoms with E-state index in [0.29, 0.717) is 12.3 Å². The molecule has 0 aliphatic heterocycles. The number of hydrogen-bond donors (Lipinski definition) is 3. The smallest absolute Gasteiger partial charge is 0.120 e. The highest BCUT2D eigenvalue weighted by molar-refractivity contribution is 5.87. The molecule has 3 nitrogen and oxygen atoms in total. The van der Waals surface area contributed by atoms with Crippen molar-refractivity contribution in [1.29, 1.82) is 0 Å². The van der Waals surface area contributed by atoms with Crippen LogP contribution in [0.4, 0.5) is 0 Å². The molecule has 3 rings (SSSR count). The summed E-state index contributed by atoms with van der Waals surface area (Å²) in [5, 5.41) is 25.5. The lowest BCUT2D eigenvalue weighted by molar-refractivity contribution is 0.128. The summed E-state index contributed by atoms with van der Waals surface area (Å²) in [4.78, 5) is 0. The van der Waals surface area contributed by atoms with Crippen molar-refractivity contribution in [1.82, 2.24) is 5.32 Å². The summed E-state index contributed by atoms with van der Waals surface area (Å²) >= 11 is 0. The van der Waals surface area contributed by atoms with Gasteiger partial charge in [0.2, 0.25) is 0 Å². The van der Waals surface area contributed by atoms with Gasteiger partial charge in [0, 0.05) is 30.7 Å². The van der Waals surface area contributed by atoms with Gasteiger partial charge < -0.3 is 15.5 Å². The molecular formula is C18H23NO2. The van der Waals surface area contributed by atoms with Crippen LogP contribution >= 0.6 is 0 Å². The molecule has 112 valence electrons. The van der Waals surface area contributed by atoms with Crippen molar-refractivity contribution in [3.05, 3.63) is 42.0 Å². The van der Waals surface area contributed by atoms with Gasteiger partial charge >= 0.3 is 0 Å². The van der Waals surface area contributed by atoms with Gasteiger partial charge in [0.15, 0.2) is 0 Å². The van der Waals surface area contributed by atoms with E-state index in [1.165, 1.54) is 12.8 Å². The van der Waals surface area contributed by atoms with E-state index in [4.69, 9.17) is 0 Å². The molecule has 2 aromatic carbocycles. The lowest BCUT2D eigenvalue weighted by Crippen LogP contribution is -2.34. The van der Waals surface area contributed by atoms with E-state index in [1.54, 1.807) is 6.07 Å². The van der Waals surface area contributed by atoms with Crippen LogP contribution in [0, 0.1) is 5.41 Å². The van der Waals surface area contributed by atoms with Crippen LogP contribution in [-0.2, 0) is 6.54 Å². The van der Waals surface area contributed by atoms with Crippen molar-refractivity contribution >= 4 is 10.8 Å². The summed E-state index contributed by atoms with van der Waals surface area (Å²) < 4.78 is 0. The number of nitrogens with one attached hydrogen (secondary N) is 1. The third-order valence-corrected chi connectivity index (χ3v) is 4.82. The first-order chi connectivity index (χ1) is 10.2. The van der Waals surface area contributed by atoms with E-state index in [1.807, 2.05) is 24.3 Å². The van der Waals surface area contributed by atoms with E-state index >= 15 is 0 Å². The van der Waals surface area contributed by atoms with Gasteiger partial charge in [-0.3, -0.25) is 0 Å². The summed E-state index contributed by atoms with van der Waals surface area (Å²) in [6.07, 6.45) is 4.61. The molecule has 0 amide bonds. The van der Waals surface area contributed by atoms with Crippen LogP contribution < -0.4 is 5.32 Å². The van der Waals surface area contributed by atoms with Crippen molar-refractivity contribution < 1.29 is 10.2 Å². The highest BCUT2D eigenvalue weighted by Gasteiger charge is 2.32. The van der Waals surface area contributed by atoms with E-state index in [9.17, 15) is 10.2 Å². The molecular weight excluding hydrogens is 262 g/mol. The minimum atomic E-state index is 0.0419. The van der Waals surface area contributed by atoms with Crippen LogP contribution in [0.2, 0.25) is 0 Å². The van der Waals surface area contributed by atoms with Crippen LogP contribution in [0.1, 0.15) is 31.2 Å². The van der Waals surface area contributed by atoms with Crippen LogP contribution in [0.15, 0.2) is 36.4 Å². The molecule has 0 heterocycles. The number of benzene rings is 2. The first-order valence-corrected chi connectivity index (χ1v) is 7.75. The predicted octanol–water partition coefficient (Wildman–Crippen LogP) is 3.19. The van der Waals surface area contributed by atoms with Crippen molar-refractivity contribution in [2.75, 3.05) is 13.2 Å². The van der Waals surface area contributed by atoms with Gasteiger partial charge in [0.05, 0.1) is 0 Å². The maximum atomic E-state index is 10.1. The molecule has 0 unspecified atom stereocenters. The number of aliphatic hydroxyl groups is 1. The molecule has 0 spiro atoms. The zero-order valence-corrected chi connectivity index (χ0v) is 12.3. The average Bonchev–Trinajstić information content (AvgIpc) is 2.99. The minimum absolute atomic E-state index is 0.0419. The largest absolute Gasteiger partial charge is 0.508 e. The third kappa shape index (κ3) is 2.89. The number of hydrogen-bond acceptors (Lipinski definition) is 3. The van der Waals surface area contributed by atoms with E-state index < -0.39 is 0 Å². The van der Waals surface area contributed by atoms with Crippen molar-refractivity contribution in [2.45, 2.75) is 32.2 Å². The van der Waals surface area contributed by atoms with E-state index in [2.05, 4.69) is 11.4 Å². The average molecular weight is 285 g/mol. The Morgan fingerprint density at radius 2 is 1.81 bits per heavy atom. The van der Waals surface area contributed by atoms with Gasteiger partial charge in [-0.25, -0.2) is 0 Å². The zero-order chi connectivity index (χ0) is 14.7. The first-order valence-electron chi connectivity index (χ1n) is 7.75. The van der Waals surface area contributed by atoms with Crippen molar-refractivity contribution in [2.24, 2.45) is 5.41 Å². The Kier molecular flexibility index (Phi) is 4.13. The lowest BCUT2D eigenvalue weighted by atomic mass is 9.87. The SMILES string of the molecule is OCC1(CNCc2c(O)ccc3ccccc23)CCCC1. The van der Waals surface area contributed by atoms with Gasteiger partial charge in [0.25, 0.3) is 0 Å². The standard InChI is InChI=1S/C18H23NO2/c20-13-18(9-3-4-10-18)12-19-11-16-15-6-2-1-5-14(15)7-8-17(16)21/h1-2,5-8,19-21H,3-4,9-13H2. The molecule has 0 radical (unpaired) electrons. The molecule has 0 aromatic heterocycles. The van der Waals surface area contributed by atoms with Gasteiger partial charge in [-0.2, -0.15) is 0 Å². The molecule has 1 saturated carbocycles.